The number of rotatable bonds is 7. The van der Waals surface area contributed by atoms with Crippen molar-refractivity contribution < 1.29 is 0 Å². The van der Waals surface area contributed by atoms with E-state index in [0.717, 1.165) is 19.6 Å². The monoisotopic (exact) mass is 282 g/mol. The fourth-order valence-electron chi connectivity index (χ4n) is 2.52. The van der Waals surface area contributed by atoms with E-state index >= 15 is 0 Å². The first kappa shape index (κ1) is 15.6. The molecule has 0 amide bonds. The lowest BCUT2D eigenvalue weighted by molar-refractivity contribution is 0.340. The predicted octanol–water partition coefficient (Wildman–Crippen LogP) is 4.35. The van der Waals surface area contributed by atoms with E-state index in [0.29, 0.717) is 5.92 Å². The van der Waals surface area contributed by atoms with E-state index in [-0.39, 0.29) is 0 Å². The topological polar surface area (TPSA) is 15.3 Å². The Bertz CT molecular complexity index is 534. The van der Waals surface area contributed by atoms with Crippen molar-refractivity contribution in [3.05, 3.63) is 65.7 Å². The molecule has 0 radical (unpaired) electrons. The van der Waals surface area contributed by atoms with Gasteiger partial charge in [0.25, 0.3) is 0 Å². The van der Waals surface area contributed by atoms with Crippen LogP contribution in [0.2, 0.25) is 0 Å². The molecule has 1 N–H and O–H groups in total. The lowest BCUT2D eigenvalue weighted by Crippen LogP contribution is -2.25. The summed E-state index contributed by atoms with van der Waals surface area (Å²) in [4.78, 5) is 2.35. The van der Waals surface area contributed by atoms with Crippen molar-refractivity contribution in [2.75, 3.05) is 25.5 Å². The zero-order valence-electron chi connectivity index (χ0n) is 13.3. The van der Waals surface area contributed by atoms with Crippen LogP contribution < -0.4 is 5.32 Å². The van der Waals surface area contributed by atoms with Gasteiger partial charge in [0.1, 0.15) is 0 Å². The summed E-state index contributed by atoms with van der Waals surface area (Å²) in [6.45, 7) is 7.47. The average Bonchev–Trinajstić information content (AvgIpc) is 2.48. The average molecular weight is 282 g/mol. The van der Waals surface area contributed by atoms with E-state index < -0.39 is 0 Å². The van der Waals surface area contributed by atoms with Crippen molar-refractivity contribution in [1.82, 2.24) is 4.90 Å². The molecule has 21 heavy (non-hydrogen) atoms. The molecule has 2 rings (SSSR count). The Kier molecular flexibility index (Phi) is 5.82. The van der Waals surface area contributed by atoms with Crippen molar-refractivity contribution in [3.8, 4) is 0 Å². The lowest BCUT2D eigenvalue weighted by atomic mass is 10.0. The molecule has 0 heterocycles. The van der Waals surface area contributed by atoms with Crippen molar-refractivity contribution >= 4 is 5.69 Å². The Morgan fingerprint density at radius 1 is 0.952 bits per heavy atom. The van der Waals surface area contributed by atoms with E-state index in [1.807, 2.05) is 0 Å². The second kappa shape index (κ2) is 7.84. The highest BCUT2D eigenvalue weighted by Gasteiger charge is 2.05. The van der Waals surface area contributed by atoms with Gasteiger partial charge in [-0.3, -0.25) is 0 Å². The Labute approximate surface area is 128 Å². The highest BCUT2D eigenvalue weighted by atomic mass is 15.1. The minimum Gasteiger partial charge on any atom is -0.384 e. The van der Waals surface area contributed by atoms with Gasteiger partial charge in [-0.05, 0) is 30.2 Å². The maximum absolute atomic E-state index is 3.57. The molecule has 0 unspecified atom stereocenters. The summed E-state index contributed by atoms with van der Waals surface area (Å²) in [5.41, 5.74) is 4.02. The summed E-state index contributed by atoms with van der Waals surface area (Å²) >= 11 is 0. The van der Waals surface area contributed by atoms with E-state index in [9.17, 15) is 0 Å². The van der Waals surface area contributed by atoms with Gasteiger partial charge in [-0.1, -0.05) is 62.4 Å². The van der Waals surface area contributed by atoms with Crippen LogP contribution in [0.25, 0.3) is 0 Å². The van der Waals surface area contributed by atoms with E-state index in [1.54, 1.807) is 0 Å². The number of likely N-dealkylation sites (N-methyl/N-ethyl adjacent to an activating group) is 1. The van der Waals surface area contributed by atoms with Crippen LogP contribution >= 0.6 is 0 Å². The number of nitrogens with one attached hydrogen (secondary N) is 1. The zero-order chi connectivity index (χ0) is 15.1. The molecule has 0 aromatic heterocycles. The van der Waals surface area contributed by atoms with Crippen LogP contribution in [0.5, 0.6) is 0 Å². The number of hydrogen-bond donors (Lipinski definition) is 1. The maximum atomic E-state index is 3.57. The molecule has 2 heteroatoms. The van der Waals surface area contributed by atoms with Crippen LogP contribution in [0.4, 0.5) is 5.69 Å². The van der Waals surface area contributed by atoms with Crippen LogP contribution in [0.1, 0.15) is 30.9 Å². The number of para-hydroxylation sites is 1. The molecule has 0 aliphatic carbocycles. The predicted molar refractivity (Wildman–Crippen MR) is 91.8 cm³/mol. The quantitative estimate of drug-likeness (QED) is 0.812. The van der Waals surface area contributed by atoms with Gasteiger partial charge >= 0.3 is 0 Å². The van der Waals surface area contributed by atoms with Gasteiger partial charge < -0.3 is 10.2 Å². The van der Waals surface area contributed by atoms with Crippen LogP contribution in [-0.4, -0.2) is 25.0 Å². The molecule has 0 saturated heterocycles. The fraction of sp³-hybridized carbons (Fsp3) is 0.368. The van der Waals surface area contributed by atoms with Crippen LogP contribution in [-0.2, 0) is 6.54 Å². The Morgan fingerprint density at radius 3 is 2.33 bits per heavy atom. The lowest BCUT2D eigenvalue weighted by Gasteiger charge is -2.19. The smallest absolute Gasteiger partial charge is 0.0375 e. The largest absolute Gasteiger partial charge is 0.384 e. The summed E-state index contributed by atoms with van der Waals surface area (Å²) in [5, 5.41) is 3.57. The first-order valence-electron chi connectivity index (χ1n) is 7.72. The molecule has 0 atom stereocenters. The zero-order valence-corrected chi connectivity index (χ0v) is 13.3. The van der Waals surface area contributed by atoms with E-state index in [2.05, 4.69) is 85.7 Å². The summed E-state index contributed by atoms with van der Waals surface area (Å²) in [7, 11) is 2.17. The van der Waals surface area contributed by atoms with Crippen LogP contribution in [0.3, 0.4) is 0 Å². The van der Waals surface area contributed by atoms with Crippen molar-refractivity contribution in [3.63, 3.8) is 0 Å². The fourth-order valence-corrected chi connectivity index (χ4v) is 2.52. The molecule has 0 saturated carbocycles. The van der Waals surface area contributed by atoms with Gasteiger partial charge in [0.05, 0.1) is 0 Å². The van der Waals surface area contributed by atoms with Crippen molar-refractivity contribution in [1.29, 1.82) is 0 Å². The molecule has 0 aliphatic rings. The van der Waals surface area contributed by atoms with Crippen molar-refractivity contribution in [2.24, 2.45) is 0 Å². The number of hydrogen-bond acceptors (Lipinski definition) is 2. The Balaban J connectivity index is 1.82. The summed E-state index contributed by atoms with van der Waals surface area (Å²) in [6, 6.07) is 19.2. The molecule has 2 aromatic carbocycles. The molecular formula is C19H26N2. The molecule has 0 spiro atoms. The van der Waals surface area contributed by atoms with Gasteiger partial charge in [0, 0.05) is 25.3 Å². The molecule has 2 nitrogen and oxygen atoms in total. The molecular weight excluding hydrogens is 256 g/mol. The maximum Gasteiger partial charge on any atom is 0.0375 e. The van der Waals surface area contributed by atoms with E-state index in [1.165, 1.54) is 16.8 Å². The first-order chi connectivity index (χ1) is 10.2. The molecule has 0 fully saturated rings. The third kappa shape index (κ3) is 4.91. The Morgan fingerprint density at radius 2 is 1.62 bits per heavy atom. The third-order valence-electron chi connectivity index (χ3n) is 3.69. The molecule has 0 aliphatic heterocycles. The Hall–Kier alpha value is -1.80. The number of anilines is 1. The summed E-state index contributed by atoms with van der Waals surface area (Å²) in [5.74, 6) is 0.552. The van der Waals surface area contributed by atoms with Gasteiger partial charge in [-0.15, -0.1) is 0 Å². The minimum atomic E-state index is 0.552. The standard InChI is InChI=1S/C19H26N2/c1-16(2)18-11-7-8-12-19(18)20-13-14-21(3)15-17-9-5-4-6-10-17/h4-12,16,20H,13-15H2,1-3H3. The van der Waals surface area contributed by atoms with Gasteiger partial charge in [0.2, 0.25) is 0 Å². The van der Waals surface area contributed by atoms with Gasteiger partial charge in [-0.25, -0.2) is 0 Å². The number of nitrogens with zero attached hydrogens (tertiary/aromatic N) is 1. The molecule has 0 bridgehead atoms. The normalized spacial score (nSPS) is 11.1. The second-order valence-corrected chi connectivity index (χ2v) is 5.89. The summed E-state index contributed by atoms with van der Waals surface area (Å²) < 4.78 is 0. The minimum absolute atomic E-state index is 0.552. The van der Waals surface area contributed by atoms with Gasteiger partial charge in [-0.2, -0.15) is 0 Å². The SMILES string of the molecule is CC(C)c1ccccc1NCCN(C)Cc1ccccc1. The van der Waals surface area contributed by atoms with Gasteiger partial charge in [0.15, 0.2) is 0 Å². The molecule has 2 aromatic rings. The highest BCUT2D eigenvalue weighted by Crippen LogP contribution is 2.23. The highest BCUT2D eigenvalue weighted by molar-refractivity contribution is 5.52. The third-order valence-corrected chi connectivity index (χ3v) is 3.69. The van der Waals surface area contributed by atoms with Crippen LogP contribution in [0.15, 0.2) is 54.6 Å². The second-order valence-electron chi connectivity index (χ2n) is 5.89. The van der Waals surface area contributed by atoms with Crippen LogP contribution in [0, 0.1) is 0 Å². The number of benzene rings is 2. The summed E-state index contributed by atoms with van der Waals surface area (Å²) in [6.07, 6.45) is 0. The van der Waals surface area contributed by atoms with E-state index in [4.69, 9.17) is 0 Å². The van der Waals surface area contributed by atoms with Crippen molar-refractivity contribution in [2.45, 2.75) is 26.3 Å². The molecule has 112 valence electrons. The first-order valence-corrected chi connectivity index (χ1v) is 7.72.